The molecule has 7 N–H and O–H groups in total. The molecule has 3 aliphatic carbocycles. The first-order valence-electron chi connectivity index (χ1n) is 16.6. The van der Waals surface area contributed by atoms with Crippen LogP contribution in [0.15, 0.2) is 30.3 Å². The lowest BCUT2D eigenvalue weighted by Crippen LogP contribution is -2.79. The van der Waals surface area contributed by atoms with E-state index in [-0.39, 0.29) is 30.1 Å². The maximum Gasteiger partial charge on any atom is 0.230 e. The number of methoxy groups -OCH3 is 1. The number of hydrogen-bond acceptors (Lipinski definition) is 9. The number of nitrogens with one attached hydrogen (secondary N) is 1. The smallest absolute Gasteiger partial charge is 0.230 e. The molecule has 0 aromatic heterocycles. The lowest BCUT2D eigenvalue weighted by molar-refractivity contribution is -0.265. The van der Waals surface area contributed by atoms with Gasteiger partial charge in [0.2, 0.25) is 5.91 Å². The number of carbonyl (C=O) groups is 3. The van der Waals surface area contributed by atoms with Crippen LogP contribution in [-0.2, 0) is 22.6 Å². The van der Waals surface area contributed by atoms with E-state index in [0.29, 0.717) is 29.3 Å². The van der Waals surface area contributed by atoms with Gasteiger partial charge in [-0.1, -0.05) is 53.7 Å². The molecule has 5 rings (SSSR count). The average Bonchev–Trinajstić information content (AvgIpc) is 2.96. The van der Waals surface area contributed by atoms with Crippen molar-refractivity contribution in [3.05, 3.63) is 47.0 Å². The van der Waals surface area contributed by atoms with Crippen molar-refractivity contribution in [3.63, 3.8) is 0 Å². The summed E-state index contributed by atoms with van der Waals surface area (Å²) in [6.45, 7) is 13.0. The molecule has 10 heteroatoms. The monoisotopic (exact) mass is 650 g/mol. The number of carbonyl (C=O) groups excluding carboxylic acids is 3. The summed E-state index contributed by atoms with van der Waals surface area (Å²) in [5.74, 6) is -6.04. The van der Waals surface area contributed by atoms with E-state index in [0.717, 1.165) is 24.1 Å². The van der Waals surface area contributed by atoms with Crippen LogP contribution >= 0.6 is 0 Å². The summed E-state index contributed by atoms with van der Waals surface area (Å²) < 4.78 is 5.76. The van der Waals surface area contributed by atoms with Gasteiger partial charge in [-0.3, -0.25) is 14.4 Å². The zero-order valence-corrected chi connectivity index (χ0v) is 28.5. The van der Waals surface area contributed by atoms with Crippen molar-refractivity contribution in [1.82, 2.24) is 5.32 Å². The molecular weight excluding hydrogens is 600 g/mol. The highest BCUT2D eigenvalue weighted by Gasteiger charge is 2.75. The Balaban J connectivity index is 1.65. The molecule has 47 heavy (non-hydrogen) atoms. The van der Waals surface area contributed by atoms with E-state index >= 15 is 0 Å². The van der Waals surface area contributed by atoms with Gasteiger partial charge in [0.25, 0.3) is 0 Å². The van der Waals surface area contributed by atoms with Gasteiger partial charge in [-0.05, 0) is 83.9 Å². The lowest BCUT2D eigenvalue weighted by atomic mass is 9.39. The van der Waals surface area contributed by atoms with Crippen molar-refractivity contribution < 1.29 is 39.5 Å². The summed E-state index contributed by atoms with van der Waals surface area (Å²) in [5.41, 5.74) is 3.64. The molecule has 0 radical (unpaired) electrons. The zero-order chi connectivity index (χ0) is 34.8. The molecule has 0 bridgehead atoms. The molecule has 0 heterocycles. The van der Waals surface area contributed by atoms with Gasteiger partial charge in [-0.15, -0.1) is 0 Å². The number of fused-ring (bicyclic) bond motifs is 3. The van der Waals surface area contributed by atoms with Gasteiger partial charge in [-0.25, -0.2) is 0 Å². The minimum Gasteiger partial charge on any atom is -0.507 e. The van der Waals surface area contributed by atoms with Crippen LogP contribution in [0.5, 0.6) is 11.5 Å². The molecule has 2 aromatic carbocycles. The first kappa shape index (κ1) is 35.0. The minimum atomic E-state index is -2.55. The molecule has 10 nitrogen and oxygen atoms in total. The highest BCUT2D eigenvalue weighted by Crippen LogP contribution is 2.66. The van der Waals surface area contributed by atoms with Crippen LogP contribution in [0.2, 0.25) is 0 Å². The Kier molecular flexibility index (Phi) is 9.16. The van der Waals surface area contributed by atoms with E-state index in [1.165, 1.54) is 6.07 Å². The SMILES string of the molecule is COc1ccc(CNCCC(C)C)cc1-c1ccc(O)c2c1C[C@]1(C)C[C@]3(C)[C@@H](C(C)C)C(O)[C@@H](C(N)=O)C(=O)[C@]3(O)C(O)[C@H]1C2=O. The summed E-state index contributed by atoms with van der Waals surface area (Å²) in [6.07, 6.45) is -2.07. The van der Waals surface area contributed by atoms with Crippen LogP contribution in [0.25, 0.3) is 11.1 Å². The Labute approximate surface area is 276 Å². The number of ketones is 2. The maximum absolute atomic E-state index is 14.5. The third-order valence-electron chi connectivity index (χ3n) is 11.4. The Morgan fingerprint density at radius 1 is 1.09 bits per heavy atom. The third kappa shape index (κ3) is 5.28. The maximum atomic E-state index is 14.5. The van der Waals surface area contributed by atoms with Crippen molar-refractivity contribution in [2.75, 3.05) is 13.7 Å². The summed E-state index contributed by atoms with van der Waals surface area (Å²) in [6, 6.07) is 9.08. The number of phenols is 1. The number of aliphatic hydroxyl groups is 3. The zero-order valence-electron chi connectivity index (χ0n) is 28.5. The summed E-state index contributed by atoms with van der Waals surface area (Å²) in [5, 5.41) is 50.4. The molecule has 3 aliphatic rings. The van der Waals surface area contributed by atoms with Crippen LogP contribution in [0.1, 0.15) is 75.9 Å². The number of amides is 1. The fourth-order valence-corrected chi connectivity index (χ4v) is 9.48. The van der Waals surface area contributed by atoms with Crippen molar-refractivity contribution >= 4 is 17.5 Å². The molecule has 2 unspecified atom stereocenters. The Morgan fingerprint density at radius 3 is 2.36 bits per heavy atom. The van der Waals surface area contributed by atoms with E-state index in [9.17, 15) is 34.8 Å². The Hall–Kier alpha value is -3.31. The first-order chi connectivity index (χ1) is 21.9. The number of aromatic hydroxyl groups is 1. The predicted molar refractivity (Wildman–Crippen MR) is 177 cm³/mol. The van der Waals surface area contributed by atoms with Crippen molar-refractivity contribution in [1.29, 1.82) is 0 Å². The lowest BCUT2D eigenvalue weighted by Gasteiger charge is -2.66. The Bertz CT molecular complexity index is 1590. The highest BCUT2D eigenvalue weighted by atomic mass is 16.5. The standard InChI is InChI=1S/C37H50N2O8/c1-18(2)12-13-39-16-20-8-11-25(47-7)22(14-20)21-9-10-24(40)26-23(21)15-35(5)17-36(6)28(19(3)4)31(42)27(34(38)45)32(43)37(36,46)33(44)29(35)30(26)41/h8-11,14,18-19,27-29,31,33,39-40,42,44,46H,12-13,15-17H2,1-7H3,(H2,38,45)/t27-,28+,29-,31?,33?,35-,36-,37+/m1/s1. The molecule has 256 valence electrons. The number of rotatable bonds is 9. The fourth-order valence-electron chi connectivity index (χ4n) is 9.48. The molecule has 2 fully saturated rings. The number of Topliss-reactive ketones (excluding diaryl/α,β-unsaturated/α-hetero) is 2. The predicted octanol–water partition coefficient (Wildman–Crippen LogP) is 3.38. The largest absolute Gasteiger partial charge is 0.507 e. The normalized spacial score (nSPS) is 33.4. The van der Waals surface area contributed by atoms with Gasteiger partial charge in [0.05, 0.1) is 24.7 Å². The molecule has 0 saturated heterocycles. The number of nitrogens with two attached hydrogens (primary N) is 1. The second kappa shape index (κ2) is 12.3. The summed E-state index contributed by atoms with van der Waals surface area (Å²) >= 11 is 0. The molecule has 2 aromatic rings. The quantitative estimate of drug-likeness (QED) is 0.175. The number of phenolic OH excluding ortho intramolecular Hbond substituents is 1. The van der Waals surface area contributed by atoms with E-state index in [1.807, 2.05) is 39.0 Å². The average molecular weight is 651 g/mol. The fraction of sp³-hybridized carbons (Fsp3) is 0.595. The molecule has 2 saturated carbocycles. The third-order valence-corrected chi connectivity index (χ3v) is 11.4. The van der Waals surface area contributed by atoms with E-state index < -0.39 is 63.9 Å². The molecule has 0 aliphatic heterocycles. The van der Waals surface area contributed by atoms with E-state index in [1.54, 1.807) is 20.1 Å². The Morgan fingerprint density at radius 2 is 1.77 bits per heavy atom. The van der Waals surface area contributed by atoms with Crippen LogP contribution in [-0.4, -0.2) is 69.4 Å². The molecule has 0 spiro atoms. The van der Waals surface area contributed by atoms with Gasteiger partial charge >= 0.3 is 0 Å². The number of hydrogen-bond donors (Lipinski definition) is 6. The van der Waals surface area contributed by atoms with Crippen molar-refractivity contribution in [2.24, 2.45) is 46.2 Å². The van der Waals surface area contributed by atoms with Crippen LogP contribution in [0.4, 0.5) is 0 Å². The number of benzene rings is 2. The van der Waals surface area contributed by atoms with Crippen molar-refractivity contribution in [2.45, 2.75) is 85.2 Å². The second-order valence-corrected chi connectivity index (χ2v) is 15.4. The van der Waals surface area contributed by atoms with Gasteiger partial charge in [0.1, 0.15) is 23.5 Å². The van der Waals surface area contributed by atoms with Crippen LogP contribution in [0.3, 0.4) is 0 Å². The topological polar surface area (TPSA) is 179 Å². The second-order valence-electron chi connectivity index (χ2n) is 15.4. The molecule has 1 amide bonds. The molecule has 8 atom stereocenters. The van der Waals surface area contributed by atoms with Gasteiger partial charge < -0.3 is 36.2 Å². The van der Waals surface area contributed by atoms with E-state index in [2.05, 4.69) is 19.2 Å². The van der Waals surface area contributed by atoms with Crippen molar-refractivity contribution in [3.8, 4) is 22.6 Å². The summed E-state index contributed by atoms with van der Waals surface area (Å²) in [7, 11) is 1.57. The summed E-state index contributed by atoms with van der Waals surface area (Å²) in [4.78, 5) is 40.9. The number of ether oxygens (including phenoxy) is 1. The number of primary amides is 1. The van der Waals surface area contributed by atoms with Gasteiger partial charge in [0, 0.05) is 17.5 Å². The van der Waals surface area contributed by atoms with Gasteiger partial charge in [0.15, 0.2) is 17.2 Å². The van der Waals surface area contributed by atoms with Gasteiger partial charge in [-0.2, -0.15) is 0 Å². The minimum absolute atomic E-state index is 0.0221. The molecular formula is C37H50N2O8. The number of aliphatic hydroxyl groups excluding tert-OH is 2. The van der Waals surface area contributed by atoms with E-state index in [4.69, 9.17) is 10.5 Å². The van der Waals surface area contributed by atoms with Crippen LogP contribution in [0, 0.1) is 40.4 Å². The highest BCUT2D eigenvalue weighted by molar-refractivity contribution is 6.09. The first-order valence-corrected chi connectivity index (χ1v) is 16.6. The van der Waals surface area contributed by atoms with Crippen LogP contribution < -0.4 is 15.8 Å².